The number of hydrogen-bond donors (Lipinski definition) is 2. The minimum atomic E-state index is -4.69. The molecule has 3 N–H and O–H groups in total. The quantitative estimate of drug-likeness (QED) is 0.183. The van der Waals surface area contributed by atoms with Gasteiger partial charge in [0, 0.05) is 17.8 Å². The third-order valence-electron chi connectivity index (χ3n) is 2.72. The van der Waals surface area contributed by atoms with E-state index in [0.29, 0.717) is 12.2 Å². The number of nitrogen functional groups attached to an aromatic ring is 1. The van der Waals surface area contributed by atoms with Gasteiger partial charge in [0.25, 0.3) is 0 Å². The number of benzene rings is 1. The number of nitrogens with one attached hydrogen (secondary N) is 1. The maximum absolute atomic E-state index is 10.8. The average molecular weight is 335 g/mol. The summed E-state index contributed by atoms with van der Waals surface area (Å²) in [5.41, 5.74) is 5.71. The van der Waals surface area contributed by atoms with Crippen LogP contribution in [-0.2, 0) is 14.6 Å². The summed E-state index contributed by atoms with van der Waals surface area (Å²) in [6, 6.07) is 4.03. The number of anilines is 1. The summed E-state index contributed by atoms with van der Waals surface area (Å²) in [7, 11) is -2.95. The molecule has 0 aromatic heterocycles. The van der Waals surface area contributed by atoms with Gasteiger partial charge in [0.2, 0.25) is 10.4 Å². The third kappa shape index (κ3) is 6.67. The van der Waals surface area contributed by atoms with Gasteiger partial charge in [0.15, 0.2) is 5.75 Å². The molecule has 0 amide bonds. The molecular weight excluding hydrogens is 318 g/mol. The van der Waals surface area contributed by atoms with Crippen molar-refractivity contribution in [2.45, 2.75) is 0 Å². The van der Waals surface area contributed by atoms with Crippen molar-refractivity contribution in [1.82, 2.24) is 0 Å². The molecule has 0 saturated carbocycles. The Morgan fingerprint density at radius 3 is 2.55 bits per heavy atom. The summed E-state index contributed by atoms with van der Waals surface area (Å²) in [5, 5.41) is 10.8. The highest BCUT2D eigenvalue weighted by Gasteiger charge is 2.15. The Hall–Kier alpha value is -1.95. The summed E-state index contributed by atoms with van der Waals surface area (Å²) >= 11 is 0. The van der Waals surface area contributed by atoms with Crippen molar-refractivity contribution >= 4 is 21.8 Å². The maximum Gasteiger partial charge on any atom is 0.311 e. The highest BCUT2D eigenvalue weighted by atomic mass is 32.3. The van der Waals surface area contributed by atoms with Crippen molar-refractivity contribution in [2.24, 2.45) is 0 Å². The van der Waals surface area contributed by atoms with Crippen LogP contribution in [0.5, 0.6) is 5.75 Å². The number of ether oxygens (including phenoxy) is 1. The highest BCUT2D eigenvalue weighted by molar-refractivity contribution is 7.80. The van der Waals surface area contributed by atoms with Gasteiger partial charge < -0.3 is 19.9 Å². The second kappa shape index (κ2) is 7.89. The monoisotopic (exact) mass is 335 g/mol. The molecule has 1 atom stereocenters. The van der Waals surface area contributed by atoms with Crippen molar-refractivity contribution in [3.63, 3.8) is 0 Å². The molecular formula is C11H17N3O7S. The molecule has 1 aromatic carbocycles. The largest absolute Gasteiger partial charge is 0.726 e. The lowest BCUT2D eigenvalue weighted by atomic mass is 10.2. The summed E-state index contributed by atoms with van der Waals surface area (Å²) in [4.78, 5) is 11.1. The van der Waals surface area contributed by atoms with Gasteiger partial charge in [-0.3, -0.25) is 14.3 Å². The Morgan fingerprint density at radius 2 is 1.95 bits per heavy atom. The van der Waals surface area contributed by atoms with Crippen molar-refractivity contribution < 1.29 is 31.7 Å². The summed E-state index contributed by atoms with van der Waals surface area (Å²) < 4.78 is 40.2. The molecule has 124 valence electrons. The van der Waals surface area contributed by atoms with Crippen LogP contribution in [0.1, 0.15) is 0 Å². The zero-order valence-corrected chi connectivity index (χ0v) is 12.7. The van der Waals surface area contributed by atoms with Crippen LogP contribution in [0.25, 0.3) is 0 Å². The minimum Gasteiger partial charge on any atom is -0.726 e. The Labute approximate surface area is 127 Å². The average Bonchev–Trinajstić information content (AvgIpc) is 2.36. The number of nitro groups is 1. The number of nitrogens with zero attached hydrogens (tertiary/aromatic N) is 1. The molecule has 11 heteroatoms. The van der Waals surface area contributed by atoms with E-state index in [1.807, 2.05) is 0 Å². The van der Waals surface area contributed by atoms with Gasteiger partial charge in [-0.15, -0.1) is 0 Å². The Bertz CT molecular complexity index is 620. The van der Waals surface area contributed by atoms with E-state index in [2.05, 4.69) is 4.18 Å². The molecule has 0 bridgehead atoms. The molecule has 0 radical (unpaired) electrons. The number of likely N-dealkylation sites (N-methyl/N-ethyl adjacent to an activating group) is 1. The van der Waals surface area contributed by atoms with Gasteiger partial charge in [-0.25, -0.2) is 8.42 Å². The van der Waals surface area contributed by atoms with Gasteiger partial charge >= 0.3 is 5.69 Å². The van der Waals surface area contributed by atoms with Crippen molar-refractivity contribution in [1.29, 1.82) is 0 Å². The van der Waals surface area contributed by atoms with Crippen LogP contribution in [0.15, 0.2) is 18.2 Å². The lowest BCUT2D eigenvalue weighted by molar-refractivity contribution is -0.879. The van der Waals surface area contributed by atoms with Crippen molar-refractivity contribution in [3.8, 4) is 5.75 Å². The van der Waals surface area contributed by atoms with Crippen molar-refractivity contribution in [3.05, 3.63) is 28.3 Å². The summed E-state index contributed by atoms with van der Waals surface area (Å²) in [6.45, 7) is 0.606. The normalized spacial score (nSPS) is 12.8. The van der Waals surface area contributed by atoms with Gasteiger partial charge in [-0.05, 0) is 6.07 Å². The fourth-order valence-electron chi connectivity index (χ4n) is 1.58. The molecule has 1 rings (SSSR count). The van der Waals surface area contributed by atoms with Gasteiger partial charge in [0.05, 0.1) is 12.0 Å². The van der Waals surface area contributed by atoms with E-state index in [4.69, 9.17) is 10.5 Å². The molecule has 0 aliphatic heterocycles. The topological polar surface area (TPSA) is 149 Å². The van der Waals surface area contributed by atoms with Crippen LogP contribution in [0.2, 0.25) is 0 Å². The lowest BCUT2D eigenvalue weighted by Crippen LogP contribution is -3.10. The first-order valence-electron chi connectivity index (χ1n) is 6.27. The number of nitro benzene ring substituents is 1. The zero-order valence-electron chi connectivity index (χ0n) is 11.9. The first-order chi connectivity index (χ1) is 10.2. The van der Waals surface area contributed by atoms with E-state index >= 15 is 0 Å². The number of rotatable bonds is 9. The number of quaternary nitrogens is 1. The van der Waals surface area contributed by atoms with E-state index in [1.165, 1.54) is 18.2 Å². The molecule has 10 nitrogen and oxygen atoms in total. The van der Waals surface area contributed by atoms with Crippen LogP contribution < -0.4 is 15.4 Å². The van der Waals surface area contributed by atoms with E-state index in [-0.39, 0.29) is 31.2 Å². The molecule has 0 fully saturated rings. The minimum absolute atomic E-state index is 0.0659. The van der Waals surface area contributed by atoms with E-state index in [1.54, 1.807) is 7.05 Å². The second-order valence-corrected chi connectivity index (χ2v) is 5.57. The van der Waals surface area contributed by atoms with Gasteiger partial charge in [-0.1, -0.05) is 0 Å². The summed E-state index contributed by atoms with van der Waals surface area (Å²) in [5.74, 6) is 0.0659. The fourth-order valence-corrected chi connectivity index (χ4v) is 1.86. The molecule has 0 spiro atoms. The molecule has 0 aliphatic rings. The van der Waals surface area contributed by atoms with Gasteiger partial charge in [-0.2, -0.15) is 0 Å². The third-order valence-corrected chi connectivity index (χ3v) is 3.18. The Morgan fingerprint density at radius 1 is 1.32 bits per heavy atom. The number of hydrogen-bond acceptors (Lipinski definition) is 8. The van der Waals surface area contributed by atoms with E-state index in [0.717, 1.165) is 4.90 Å². The summed E-state index contributed by atoms with van der Waals surface area (Å²) in [6.07, 6.45) is 0. The predicted molar refractivity (Wildman–Crippen MR) is 75.3 cm³/mol. The second-order valence-electron chi connectivity index (χ2n) is 4.52. The first-order valence-corrected chi connectivity index (χ1v) is 7.60. The molecule has 0 aliphatic carbocycles. The Balaban J connectivity index is 2.44. The maximum atomic E-state index is 10.8. The number of nitrogens with two attached hydrogens (primary N) is 1. The SMILES string of the molecule is C[NH+](CCOc1cc(N)ccc1[N+](=O)[O-])CCOS(=O)(=O)[O-]. The molecule has 0 heterocycles. The zero-order chi connectivity index (χ0) is 16.8. The van der Waals surface area contributed by atoms with Crippen LogP contribution >= 0.6 is 0 Å². The van der Waals surface area contributed by atoms with Gasteiger partial charge in [0.1, 0.15) is 26.3 Å². The van der Waals surface area contributed by atoms with Crippen LogP contribution in [0.3, 0.4) is 0 Å². The Kier molecular flexibility index (Phi) is 6.49. The standard InChI is InChI=1S/C11H17N3O7S/c1-13(5-7-21-22(17,18)19)4-6-20-11-8-9(12)2-3-10(11)14(15)16/h2-3,8H,4-7,12H2,1H3,(H,17,18,19). The van der Waals surface area contributed by atoms with E-state index in [9.17, 15) is 23.1 Å². The van der Waals surface area contributed by atoms with E-state index < -0.39 is 15.3 Å². The molecule has 0 saturated heterocycles. The molecule has 1 unspecified atom stereocenters. The first kappa shape index (κ1) is 18.1. The van der Waals surface area contributed by atoms with Crippen LogP contribution in [-0.4, -0.2) is 51.2 Å². The molecule has 1 aromatic rings. The lowest BCUT2D eigenvalue weighted by Gasteiger charge is -2.15. The highest BCUT2D eigenvalue weighted by Crippen LogP contribution is 2.28. The molecule has 22 heavy (non-hydrogen) atoms. The van der Waals surface area contributed by atoms with Crippen molar-refractivity contribution in [2.75, 3.05) is 39.1 Å². The smallest absolute Gasteiger partial charge is 0.311 e. The predicted octanol–water partition coefficient (Wildman–Crippen LogP) is -1.45. The van der Waals surface area contributed by atoms with Crippen LogP contribution in [0, 0.1) is 10.1 Å². The van der Waals surface area contributed by atoms with Crippen LogP contribution in [0.4, 0.5) is 11.4 Å². The fraction of sp³-hybridized carbons (Fsp3) is 0.455.